The van der Waals surface area contributed by atoms with Gasteiger partial charge in [0.2, 0.25) is 0 Å². The molecular weight excluding hydrogens is 491 g/mol. The lowest BCUT2D eigenvalue weighted by atomic mass is 10.0. The molecule has 2 aliphatic heterocycles. The summed E-state index contributed by atoms with van der Waals surface area (Å²) < 4.78 is 31.7. The zero-order valence-electron chi connectivity index (χ0n) is 20.0. The van der Waals surface area contributed by atoms with Crippen LogP contribution >= 0.6 is 0 Å². The third-order valence-corrected chi connectivity index (χ3v) is 6.49. The topological polar surface area (TPSA) is 119 Å². The number of likely N-dealkylation sites (tertiary alicyclic amines) is 1. The van der Waals surface area contributed by atoms with Crippen LogP contribution in [0.25, 0.3) is 10.9 Å². The first-order valence-electron chi connectivity index (χ1n) is 11.7. The Balaban J connectivity index is 0.000000405. The average Bonchev–Trinajstić information content (AvgIpc) is 3.44. The Morgan fingerprint density at radius 2 is 1.86 bits per heavy atom. The highest BCUT2D eigenvalue weighted by molar-refractivity contribution is 6.04. The second-order valence-electron chi connectivity index (χ2n) is 9.13. The minimum absolute atomic E-state index is 0.122. The fourth-order valence-corrected chi connectivity index (χ4v) is 4.42. The summed E-state index contributed by atoms with van der Waals surface area (Å²) in [6.07, 6.45) is 0.0888. The van der Waals surface area contributed by atoms with Crippen molar-refractivity contribution >= 4 is 40.6 Å². The summed E-state index contributed by atoms with van der Waals surface area (Å²) in [7, 11) is 2.15. The Morgan fingerprint density at radius 1 is 1.19 bits per heavy atom. The van der Waals surface area contributed by atoms with Gasteiger partial charge in [-0.1, -0.05) is 0 Å². The molecule has 1 aromatic carbocycles. The molecule has 2 fully saturated rings. The molecule has 5 rings (SSSR count). The number of aromatic nitrogens is 2. The van der Waals surface area contributed by atoms with Gasteiger partial charge < -0.3 is 25.1 Å². The van der Waals surface area contributed by atoms with Crippen molar-refractivity contribution in [2.45, 2.75) is 25.1 Å². The molecule has 3 N–H and O–H groups in total. The summed E-state index contributed by atoms with van der Waals surface area (Å²) in [6.45, 7) is 2.61. The molecule has 196 valence electrons. The molecule has 12 heteroatoms. The van der Waals surface area contributed by atoms with Crippen LogP contribution in [0.1, 0.15) is 34.9 Å². The van der Waals surface area contributed by atoms with Crippen LogP contribution in [-0.4, -0.2) is 71.0 Å². The number of carboxylic acids is 1. The van der Waals surface area contributed by atoms with E-state index >= 15 is 0 Å². The maximum absolute atomic E-state index is 12.6. The second kappa shape index (κ2) is 10.6. The van der Waals surface area contributed by atoms with Gasteiger partial charge in [-0.3, -0.25) is 9.69 Å². The van der Waals surface area contributed by atoms with Crippen LogP contribution in [0.5, 0.6) is 0 Å². The molecule has 4 heterocycles. The molecule has 37 heavy (non-hydrogen) atoms. The summed E-state index contributed by atoms with van der Waals surface area (Å²) in [5.41, 5.74) is 3.79. The van der Waals surface area contributed by atoms with Crippen molar-refractivity contribution in [2.75, 3.05) is 36.9 Å². The number of rotatable bonds is 5. The molecule has 2 aromatic heterocycles. The molecule has 0 saturated carbocycles. The first-order chi connectivity index (χ1) is 17.5. The highest BCUT2D eigenvalue weighted by Crippen LogP contribution is 2.32. The standard InChI is InChI=1S/C23H25N5O2.C2HF3O2/c1-27-8-2-3-21(27)20-9-17-11-24-22(10-19(17)25-20)26-23(30)16-4-6-18(7-5-16)28-12-15(13-28)14-29;3-2(4,5)1(6)7/h4-7,9-11,14-15,21,25H,2-3,8,12-13H2,1H3,(H,24,26,30);(H,6,7)/t21-;/m1./s1. The van der Waals surface area contributed by atoms with Crippen molar-refractivity contribution in [3.05, 3.63) is 53.9 Å². The van der Waals surface area contributed by atoms with Crippen molar-refractivity contribution in [3.8, 4) is 0 Å². The highest BCUT2D eigenvalue weighted by Gasteiger charge is 2.38. The Labute approximate surface area is 210 Å². The van der Waals surface area contributed by atoms with Gasteiger partial charge >= 0.3 is 12.1 Å². The predicted octanol–water partition coefficient (Wildman–Crippen LogP) is 3.85. The number of hydrogen-bond acceptors (Lipinski definition) is 6. The van der Waals surface area contributed by atoms with Crippen molar-refractivity contribution in [1.82, 2.24) is 14.9 Å². The predicted molar refractivity (Wildman–Crippen MR) is 131 cm³/mol. The first kappa shape index (κ1) is 26.1. The number of aromatic amines is 1. The fraction of sp³-hybridized carbons (Fsp3) is 0.360. The van der Waals surface area contributed by atoms with E-state index in [4.69, 9.17) is 9.90 Å². The summed E-state index contributed by atoms with van der Waals surface area (Å²) in [4.78, 5) is 44.7. The number of halogens is 3. The molecule has 0 radical (unpaired) electrons. The van der Waals surface area contributed by atoms with Crippen LogP contribution in [0.3, 0.4) is 0 Å². The number of hydrogen-bond donors (Lipinski definition) is 3. The van der Waals surface area contributed by atoms with Gasteiger partial charge in [-0.2, -0.15) is 13.2 Å². The molecular formula is C25H26F3N5O4. The number of alkyl halides is 3. The van der Waals surface area contributed by atoms with Gasteiger partial charge in [0, 0.05) is 59.6 Å². The van der Waals surface area contributed by atoms with Gasteiger partial charge in [0.05, 0.1) is 5.52 Å². The lowest BCUT2D eigenvalue weighted by molar-refractivity contribution is -0.192. The van der Waals surface area contributed by atoms with E-state index in [1.165, 1.54) is 12.1 Å². The number of benzene rings is 1. The van der Waals surface area contributed by atoms with E-state index in [2.05, 4.69) is 38.2 Å². The monoisotopic (exact) mass is 517 g/mol. The molecule has 0 unspecified atom stereocenters. The Morgan fingerprint density at radius 3 is 2.43 bits per heavy atom. The summed E-state index contributed by atoms with van der Waals surface area (Å²) in [5.74, 6) is -2.30. The largest absolute Gasteiger partial charge is 0.490 e. The molecule has 0 spiro atoms. The molecule has 9 nitrogen and oxygen atoms in total. The summed E-state index contributed by atoms with van der Waals surface area (Å²) in [5, 5.41) is 11.1. The van der Waals surface area contributed by atoms with Crippen molar-refractivity contribution in [2.24, 2.45) is 5.92 Å². The average molecular weight is 518 g/mol. The van der Waals surface area contributed by atoms with Gasteiger partial charge in [0.25, 0.3) is 5.91 Å². The van der Waals surface area contributed by atoms with Crippen LogP contribution in [0.4, 0.5) is 24.7 Å². The number of nitrogens with zero attached hydrogens (tertiary/aromatic N) is 3. The second-order valence-corrected chi connectivity index (χ2v) is 9.13. The number of carboxylic acid groups (broad SMARTS) is 1. The zero-order valence-corrected chi connectivity index (χ0v) is 20.0. The van der Waals surface area contributed by atoms with Crippen LogP contribution < -0.4 is 10.2 Å². The number of nitrogens with one attached hydrogen (secondary N) is 2. The van der Waals surface area contributed by atoms with E-state index in [1.54, 1.807) is 18.3 Å². The van der Waals surface area contributed by atoms with Gasteiger partial charge in [-0.05, 0) is 56.8 Å². The van der Waals surface area contributed by atoms with E-state index < -0.39 is 12.1 Å². The number of fused-ring (bicyclic) bond motifs is 1. The molecule has 0 bridgehead atoms. The molecule has 3 aromatic rings. The van der Waals surface area contributed by atoms with Gasteiger partial charge in [0.15, 0.2) is 0 Å². The van der Waals surface area contributed by atoms with E-state index in [1.807, 2.05) is 18.2 Å². The maximum atomic E-state index is 12.6. The number of amides is 1. The quantitative estimate of drug-likeness (QED) is 0.440. The third-order valence-electron chi connectivity index (χ3n) is 6.49. The fourth-order valence-electron chi connectivity index (χ4n) is 4.42. The van der Waals surface area contributed by atoms with Gasteiger partial charge in [-0.15, -0.1) is 0 Å². The zero-order chi connectivity index (χ0) is 26.7. The Bertz CT molecular complexity index is 1290. The van der Waals surface area contributed by atoms with Crippen molar-refractivity contribution in [3.63, 3.8) is 0 Å². The Kier molecular flexibility index (Phi) is 7.48. The van der Waals surface area contributed by atoms with E-state index in [-0.39, 0.29) is 11.8 Å². The van der Waals surface area contributed by atoms with Crippen LogP contribution in [0.15, 0.2) is 42.6 Å². The van der Waals surface area contributed by atoms with Crippen molar-refractivity contribution < 1.29 is 32.7 Å². The third kappa shape index (κ3) is 6.08. The number of carbonyl (C=O) groups is 3. The van der Waals surface area contributed by atoms with Gasteiger partial charge in [0.1, 0.15) is 12.1 Å². The van der Waals surface area contributed by atoms with E-state index in [9.17, 15) is 22.8 Å². The normalized spacial score (nSPS) is 18.2. The highest BCUT2D eigenvalue weighted by atomic mass is 19.4. The number of aliphatic carboxylic acids is 1. The van der Waals surface area contributed by atoms with Crippen LogP contribution in [0, 0.1) is 5.92 Å². The lowest BCUT2D eigenvalue weighted by Gasteiger charge is -2.38. The molecule has 2 saturated heterocycles. The number of carbonyl (C=O) groups excluding carboxylic acids is 2. The first-order valence-corrected chi connectivity index (χ1v) is 11.7. The summed E-state index contributed by atoms with van der Waals surface area (Å²) in [6, 6.07) is 11.9. The number of anilines is 2. The number of H-pyrrole nitrogens is 1. The minimum Gasteiger partial charge on any atom is -0.475 e. The lowest BCUT2D eigenvalue weighted by Crippen LogP contribution is -2.47. The maximum Gasteiger partial charge on any atom is 0.490 e. The van der Waals surface area contributed by atoms with Crippen LogP contribution in [0.2, 0.25) is 0 Å². The Hall–Kier alpha value is -3.93. The minimum atomic E-state index is -5.08. The SMILES string of the molecule is CN1CCC[C@@H]1c1cc2cnc(NC(=O)c3ccc(N4CC(C=O)C4)cc3)cc2[nH]1.O=C(O)C(F)(F)F. The number of pyridine rings is 1. The van der Waals surface area contributed by atoms with Crippen LogP contribution in [-0.2, 0) is 9.59 Å². The smallest absolute Gasteiger partial charge is 0.475 e. The molecule has 2 aliphatic rings. The molecule has 1 amide bonds. The summed E-state index contributed by atoms with van der Waals surface area (Å²) >= 11 is 0. The number of aldehydes is 1. The van der Waals surface area contributed by atoms with Gasteiger partial charge in [-0.25, -0.2) is 9.78 Å². The molecule has 1 atom stereocenters. The van der Waals surface area contributed by atoms with E-state index in [0.717, 1.165) is 48.9 Å². The van der Waals surface area contributed by atoms with E-state index in [0.29, 0.717) is 17.4 Å². The van der Waals surface area contributed by atoms with Crippen molar-refractivity contribution in [1.29, 1.82) is 0 Å². The molecule has 0 aliphatic carbocycles.